The smallest absolute Gasteiger partial charge is 0.224 e. The second-order valence-electron chi connectivity index (χ2n) is 5.37. The van der Waals surface area contributed by atoms with E-state index in [1.165, 1.54) is 0 Å². The van der Waals surface area contributed by atoms with Gasteiger partial charge in [-0.05, 0) is 36.6 Å². The van der Waals surface area contributed by atoms with Crippen LogP contribution < -0.4 is 15.4 Å². The number of amides is 1. The van der Waals surface area contributed by atoms with Gasteiger partial charge in [0.2, 0.25) is 5.91 Å². The lowest BCUT2D eigenvalue weighted by molar-refractivity contribution is -0.117. The maximum atomic E-state index is 11.8. The van der Waals surface area contributed by atoms with Gasteiger partial charge in [-0.2, -0.15) is 0 Å². The van der Waals surface area contributed by atoms with Crippen molar-refractivity contribution >= 4 is 11.6 Å². The molecule has 1 amide bonds. The number of nitrogens with zero attached hydrogens (tertiary/aromatic N) is 1. The molecule has 19 heavy (non-hydrogen) atoms. The highest BCUT2D eigenvalue weighted by Crippen LogP contribution is 2.35. The van der Waals surface area contributed by atoms with Crippen LogP contribution in [-0.4, -0.2) is 25.1 Å². The number of rotatable bonds is 3. The molecule has 0 aromatic heterocycles. The molecule has 4 nitrogen and oxygen atoms in total. The fourth-order valence-corrected chi connectivity index (χ4v) is 2.32. The second-order valence-corrected chi connectivity index (χ2v) is 5.37. The molecule has 2 rings (SSSR count). The number of benzene rings is 1. The molecule has 1 heterocycles. The van der Waals surface area contributed by atoms with Crippen molar-refractivity contribution in [3.8, 4) is 5.75 Å². The van der Waals surface area contributed by atoms with E-state index in [0.29, 0.717) is 19.0 Å². The summed E-state index contributed by atoms with van der Waals surface area (Å²) in [5, 5.41) is 0. The average Bonchev–Trinajstić information content (AvgIpc) is 2.37. The molecule has 1 atom stereocenters. The van der Waals surface area contributed by atoms with Crippen molar-refractivity contribution in [1.29, 1.82) is 0 Å². The Hall–Kier alpha value is -1.55. The van der Waals surface area contributed by atoms with Crippen LogP contribution in [0.3, 0.4) is 0 Å². The lowest BCUT2D eigenvalue weighted by Gasteiger charge is -2.36. The predicted octanol–water partition coefficient (Wildman–Crippen LogP) is 1.96. The highest BCUT2D eigenvalue weighted by atomic mass is 16.5. The van der Waals surface area contributed by atoms with Gasteiger partial charge in [-0.15, -0.1) is 0 Å². The van der Waals surface area contributed by atoms with E-state index in [9.17, 15) is 4.79 Å². The minimum absolute atomic E-state index is 0.0526. The number of fused-ring (bicyclic) bond motifs is 1. The Morgan fingerprint density at radius 3 is 2.84 bits per heavy atom. The van der Waals surface area contributed by atoms with Gasteiger partial charge in [0.05, 0.1) is 12.2 Å². The summed E-state index contributed by atoms with van der Waals surface area (Å²) in [6.07, 6.45) is 0.865. The Morgan fingerprint density at radius 1 is 1.53 bits per heavy atom. The highest BCUT2D eigenvalue weighted by molar-refractivity contribution is 5.93. The van der Waals surface area contributed by atoms with E-state index in [1.807, 2.05) is 23.1 Å². The largest absolute Gasteiger partial charge is 0.486 e. The van der Waals surface area contributed by atoms with Crippen molar-refractivity contribution in [2.45, 2.75) is 33.3 Å². The quantitative estimate of drug-likeness (QED) is 0.906. The molecule has 1 aliphatic heterocycles. The molecule has 4 heteroatoms. The third kappa shape index (κ3) is 2.89. The fraction of sp³-hybridized carbons (Fsp3) is 0.533. The molecule has 0 fully saturated rings. The Kier molecular flexibility index (Phi) is 4.10. The normalized spacial score (nSPS) is 18.2. The van der Waals surface area contributed by atoms with Crippen molar-refractivity contribution in [2.75, 3.05) is 18.0 Å². The maximum absolute atomic E-state index is 11.8. The molecule has 0 aliphatic carbocycles. The second kappa shape index (κ2) is 5.61. The van der Waals surface area contributed by atoms with E-state index in [-0.39, 0.29) is 12.0 Å². The van der Waals surface area contributed by atoms with Crippen LogP contribution in [0.2, 0.25) is 0 Å². The third-order valence-corrected chi connectivity index (χ3v) is 3.51. The minimum Gasteiger partial charge on any atom is -0.486 e. The highest BCUT2D eigenvalue weighted by Gasteiger charge is 2.29. The Bertz CT molecular complexity index is 471. The van der Waals surface area contributed by atoms with Gasteiger partial charge in [0.25, 0.3) is 0 Å². The van der Waals surface area contributed by atoms with Crippen LogP contribution in [0.1, 0.15) is 26.3 Å². The lowest BCUT2D eigenvalue weighted by Crippen LogP contribution is -2.44. The Labute approximate surface area is 114 Å². The predicted molar refractivity (Wildman–Crippen MR) is 76.5 cm³/mol. The number of nitrogens with two attached hydrogens (primary N) is 1. The summed E-state index contributed by atoms with van der Waals surface area (Å²) in [6.45, 7) is 7.04. The molecule has 2 N–H and O–H groups in total. The van der Waals surface area contributed by atoms with E-state index < -0.39 is 0 Å². The number of anilines is 1. The first-order chi connectivity index (χ1) is 9.02. The number of hydrogen-bond acceptors (Lipinski definition) is 3. The van der Waals surface area contributed by atoms with Gasteiger partial charge >= 0.3 is 0 Å². The van der Waals surface area contributed by atoms with Crippen molar-refractivity contribution in [1.82, 2.24) is 0 Å². The van der Waals surface area contributed by atoms with Gasteiger partial charge in [0.1, 0.15) is 11.9 Å². The summed E-state index contributed by atoms with van der Waals surface area (Å²) in [7, 11) is 0. The molecule has 0 spiro atoms. The molecule has 1 unspecified atom stereocenters. The lowest BCUT2D eigenvalue weighted by atomic mass is 10.0. The molecule has 0 saturated heterocycles. The van der Waals surface area contributed by atoms with Gasteiger partial charge in [0.15, 0.2) is 0 Å². The molecule has 1 aromatic rings. The van der Waals surface area contributed by atoms with Gasteiger partial charge in [0, 0.05) is 6.92 Å². The Morgan fingerprint density at radius 2 is 2.26 bits per heavy atom. The zero-order valence-corrected chi connectivity index (χ0v) is 11.8. The minimum atomic E-state index is 0.0526. The van der Waals surface area contributed by atoms with Crippen molar-refractivity contribution < 1.29 is 9.53 Å². The van der Waals surface area contributed by atoms with Crippen LogP contribution in [0.5, 0.6) is 5.75 Å². The van der Waals surface area contributed by atoms with Crippen molar-refractivity contribution in [2.24, 2.45) is 11.7 Å². The summed E-state index contributed by atoms with van der Waals surface area (Å²) < 4.78 is 5.98. The summed E-state index contributed by atoms with van der Waals surface area (Å²) >= 11 is 0. The first-order valence-corrected chi connectivity index (χ1v) is 6.80. The van der Waals surface area contributed by atoms with Crippen LogP contribution in [0.25, 0.3) is 0 Å². The van der Waals surface area contributed by atoms with E-state index in [0.717, 1.165) is 23.4 Å². The first kappa shape index (κ1) is 13.9. The molecule has 0 radical (unpaired) electrons. The molecule has 1 aromatic carbocycles. The van der Waals surface area contributed by atoms with Crippen molar-refractivity contribution in [3.05, 3.63) is 23.8 Å². The molecule has 1 aliphatic rings. The van der Waals surface area contributed by atoms with Gasteiger partial charge in [-0.3, -0.25) is 4.79 Å². The van der Waals surface area contributed by atoms with E-state index in [2.05, 4.69) is 13.8 Å². The molecular formula is C15H22N2O2. The first-order valence-electron chi connectivity index (χ1n) is 6.80. The molecule has 104 valence electrons. The zero-order valence-electron chi connectivity index (χ0n) is 11.8. The molecule has 0 saturated carbocycles. The van der Waals surface area contributed by atoms with E-state index >= 15 is 0 Å². The third-order valence-electron chi connectivity index (χ3n) is 3.51. The number of carbonyl (C=O) groups excluding carboxylic acids is 1. The Balaban J connectivity index is 2.37. The number of ether oxygens (including phenoxy) is 1. The van der Waals surface area contributed by atoms with Crippen LogP contribution in [-0.2, 0) is 11.2 Å². The SMILES string of the molecule is CC(=O)N1CC(C(C)C)Oc2ccc(CCN)cc21. The molecular weight excluding hydrogens is 240 g/mol. The average molecular weight is 262 g/mol. The summed E-state index contributed by atoms with van der Waals surface area (Å²) in [4.78, 5) is 13.7. The number of carbonyl (C=O) groups is 1. The van der Waals surface area contributed by atoms with E-state index in [1.54, 1.807) is 6.92 Å². The van der Waals surface area contributed by atoms with Crippen molar-refractivity contribution in [3.63, 3.8) is 0 Å². The molecule has 0 bridgehead atoms. The van der Waals surface area contributed by atoms with Crippen LogP contribution in [0.15, 0.2) is 18.2 Å². The fourth-order valence-electron chi connectivity index (χ4n) is 2.32. The standard InChI is InChI=1S/C15H22N2O2/c1-10(2)15-9-17(11(3)18)13-8-12(6-7-16)4-5-14(13)19-15/h4-5,8,10,15H,6-7,9,16H2,1-3H3. The van der Waals surface area contributed by atoms with Crippen LogP contribution in [0.4, 0.5) is 5.69 Å². The monoisotopic (exact) mass is 262 g/mol. The maximum Gasteiger partial charge on any atom is 0.224 e. The number of hydrogen-bond donors (Lipinski definition) is 1. The van der Waals surface area contributed by atoms with E-state index in [4.69, 9.17) is 10.5 Å². The van der Waals surface area contributed by atoms with Gasteiger partial charge in [-0.25, -0.2) is 0 Å². The van der Waals surface area contributed by atoms with Crippen LogP contribution >= 0.6 is 0 Å². The van der Waals surface area contributed by atoms with Crippen LogP contribution in [0, 0.1) is 5.92 Å². The van der Waals surface area contributed by atoms with Gasteiger partial charge < -0.3 is 15.4 Å². The topological polar surface area (TPSA) is 55.6 Å². The summed E-state index contributed by atoms with van der Waals surface area (Å²) in [5.74, 6) is 1.22. The zero-order chi connectivity index (χ0) is 14.0. The summed E-state index contributed by atoms with van der Waals surface area (Å²) in [5.41, 5.74) is 7.59. The summed E-state index contributed by atoms with van der Waals surface area (Å²) in [6, 6.07) is 5.98. The van der Waals surface area contributed by atoms with Gasteiger partial charge in [-0.1, -0.05) is 19.9 Å².